The van der Waals surface area contributed by atoms with E-state index in [0.29, 0.717) is 12.5 Å². The van der Waals surface area contributed by atoms with Gasteiger partial charge in [0.2, 0.25) is 0 Å². The van der Waals surface area contributed by atoms with Crippen molar-refractivity contribution in [3.05, 3.63) is 20.8 Å². The van der Waals surface area contributed by atoms with Crippen LogP contribution < -0.4 is 0 Å². The standard InChI is InChI=1S/C9H11BrOS/c1-6-4-9(6,5-11)7-2-3-8(10)12-7/h2-3,6,11H,4-5H2,1H3. The lowest BCUT2D eigenvalue weighted by Crippen LogP contribution is -2.12. The predicted molar refractivity (Wildman–Crippen MR) is 54.6 cm³/mol. The van der Waals surface area contributed by atoms with Crippen molar-refractivity contribution in [1.29, 1.82) is 0 Å². The van der Waals surface area contributed by atoms with E-state index in [0.717, 1.165) is 10.2 Å². The smallest absolute Gasteiger partial charge is 0.0701 e. The van der Waals surface area contributed by atoms with Crippen LogP contribution in [0.25, 0.3) is 0 Å². The molecule has 1 aromatic heterocycles. The summed E-state index contributed by atoms with van der Waals surface area (Å²) in [6.45, 7) is 2.49. The summed E-state index contributed by atoms with van der Waals surface area (Å²) in [6, 6.07) is 4.18. The van der Waals surface area contributed by atoms with Crippen LogP contribution in [0.2, 0.25) is 0 Å². The largest absolute Gasteiger partial charge is 0.395 e. The van der Waals surface area contributed by atoms with Crippen molar-refractivity contribution in [1.82, 2.24) is 0 Å². The molecule has 0 aromatic carbocycles. The quantitative estimate of drug-likeness (QED) is 0.852. The normalized spacial score (nSPS) is 33.8. The zero-order chi connectivity index (χ0) is 8.77. The Morgan fingerprint density at radius 3 is 2.75 bits per heavy atom. The van der Waals surface area contributed by atoms with Crippen molar-refractivity contribution < 1.29 is 5.11 Å². The highest BCUT2D eigenvalue weighted by atomic mass is 79.9. The van der Waals surface area contributed by atoms with Gasteiger partial charge in [-0.2, -0.15) is 0 Å². The Labute approximate surface area is 84.6 Å². The predicted octanol–water partition coefficient (Wildman–Crippen LogP) is 2.78. The second-order valence-electron chi connectivity index (χ2n) is 3.52. The third kappa shape index (κ3) is 1.15. The van der Waals surface area contributed by atoms with Crippen LogP contribution in [0.1, 0.15) is 18.2 Å². The third-order valence-electron chi connectivity index (χ3n) is 2.80. The Hall–Kier alpha value is 0.140. The Morgan fingerprint density at radius 1 is 1.75 bits per heavy atom. The van der Waals surface area contributed by atoms with Crippen molar-refractivity contribution in [2.45, 2.75) is 18.8 Å². The molecule has 1 heterocycles. The zero-order valence-electron chi connectivity index (χ0n) is 6.88. The molecule has 1 saturated carbocycles. The number of rotatable bonds is 2. The maximum absolute atomic E-state index is 9.28. The SMILES string of the molecule is CC1CC1(CO)c1ccc(Br)s1. The molecule has 0 spiro atoms. The first-order valence-electron chi connectivity index (χ1n) is 4.06. The van der Waals surface area contributed by atoms with E-state index < -0.39 is 0 Å². The molecule has 0 amide bonds. The molecule has 12 heavy (non-hydrogen) atoms. The van der Waals surface area contributed by atoms with Crippen molar-refractivity contribution in [2.24, 2.45) is 5.92 Å². The minimum absolute atomic E-state index is 0.108. The monoisotopic (exact) mass is 246 g/mol. The number of hydrogen-bond acceptors (Lipinski definition) is 2. The van der Waals surface area contributed by atoms with Gasteiger partial charge in [-0.05, 0) is 40.4 Å². The van der Waals surface area contributed by atoms with E-state index in [1.165, 1.54) is 4.88 Å². The van der Waals surface area contributed by atoms with Gasteiger partial charge >= 0.3 is 0 Å². The average molecular weight is 247 g/mol. The molecule has 1 fully saturated rings. The van der Waals surface area contributed by atoms with E-state index in [4.69, 9.17) is 0 Å². The first-order chi connectivity index (χ1) is 5.69. The first-order valence-corrected chi connectivity index (χ1v) is 5.67. The molecular formula is C9H11BrOS. The van der Waals surface area contributed by atoms with Gasteiger partial charge in [-0.3, -0.25) is 0 Å². The van der Waals surface area contributed by atoms with Gasteiger partial charge in [0.1, 0.15) is 0 Å². The van der Waals surface area contributed by atoms with Gasteiger partial charge in [0.25, 0.3) is 0 Å². The summed E-state index contributed by atoms with van der Waals surface area (Å²) in [5, 5.41) is 9.28. The highest BCUT2D eigenvalue weighted by Gasteiger charge is 2.52. The summed E-state index contributed by atoms with van der Waals surface area (Å²) in [5.74, 6) is 0.646. The maximum Gasteiger partial charge on any atom is 0.0701 e. The second-order valence-corrected chi connectivity index (χ2v) is 5.99. The number of hydrogen-bond donors (Lipinski definition) is 1. The Bertz CT molecular complexity index is 292. The molecule has 66 valence electrons. The van der Waals surface area contributed by atoms with Gasteiger partial charge in [0.15, 0.2) is 0 Å². The molecule has 1 aliphatic carbocycles. The summed E-state index contributed by atoms with van der Waals surface area (Å²) in [5.41, 5.74) is 0.108. The van der Waals surface area contributed by atoms with E-state index in [9.17, 15) is 5.11 Å². The van der Waals surface area contributed by atoms with Crippen LogP contribution in [0.3, 0.4) is 0 Å². The Kier molecular flexibility index (Phi) is 2.05. The van der Waals surface area contributed by atoms with Gasteiger partial charge in [-0.15, -0.1) is 11.3 Å². The van der Waals surface area contributed by atoms with Gasteiger partial charge in [-0.25, -0.2) is 0 Å². The van der Waals surface area contributed by atoms with Crippen molar-refractivity contribution >= 4 is 27.3 Å². The molecule has 0 aliphatic heterocycles. The van der Waals surface area contributed by atoms with Gasteiger partial charge in [0.05, 0.1) is 10.4 Å². The maximum atomic E-state index is 9.28. The van der Waals surface area contributed by atoms with Crippen LogP contribution in [0.15, 0.2) is 15.9 Å². The average Bonchev–Trinajstić information content (AvgIpc) is 2.50. The minimum Gasteiger partial charge on any atom is -0.395 e. The van der Waals surface area contributed by atoms with E-state index in [1.807, 2.05) is 0 Å². The van der Waals surface area contributed by atoms with Crippen LogP contribution in [-0.2, 0) is 5.41 Å². The number of halogens is 1. The number of aliphatic hydroxyl groups is 1. The topological polar surface area (TPSA) is 20.2 Å². The van der Waals surface area contributed by atoms with E-state index >= 15 is 0 Å². The fourth-order valence-electron chi connectivity index (χ4n) is 1.71. The van der Waals surface area contributed by atoms with Crippen molar-refractivity contribution in [2.75, 3.05) is 6.61 Å². The van der Waals surface area contributed by atoms with Gasteiger partial charge < -0.3 is 5.11 Å². The van der Waals surface area contributed by atoms with E-state index in [1.54, 1.807) is 11.3 Å². The molecule has 3 heteroatoms. The zero-order valence-corrected chi connectivity index (χ0v) is 9.28. The van der Waals surface area contributed by atoms with Crippen LogP contribution >= 0.6 is 27.3 Å². The molecule has 2 unspecified atom stereocenters. The molecule has 1 aromatic rings. The summed E-state index contributed by atoms with van der Waals surface area (Å²) in [7, 11) is 0. The summed E-state index contributed by atoms with van der Waals surface area (Å²) in [6.07, 6.45) is 1.14. The highest BCUT2D eigenvalue weighted by molar-refractivity contribution is 9.11. The highest BCUT2D eigenvalue weighted by Crippen LogP contribution is 2.55. The van der Waals surface area contributed by atoms with E-state index in [2.05, 4.69) is 35.0 Å². The summed E-state index contributed by atoms with van der Waals surface area (Å²) >= 11 is 5.18. The molecule has 0 bridgehead atoms. The molecule has 1 nitrogen and oxygen atoms in total. The second kappa shape index (κ2) is 2.82. The summed E-state index contributed by atoms with van der Waals surface area (Å²) < 4.78 is 1.16. The first kappa shape index (κ1) is 8.73. The molecule has 2 rings (SSSR count). The lowest BCUT2D eigenvalue weighted by molar-refractivity contribution is 0.249. The molecule has 0 saturated heterocycles. The Morgan fingerprint density at radius 2 is 2.42 bits per heavy atom. The van der Waals surface area contributed by atoms with Crippen LogP contribution in [0.4, 0.5) is 0 Å². The van der Waals surface area contributed by atoms with Gasteiger partial charge in [0, 0.05) is 10.3 Å². The Balaban J connectivity index is 2.30. The number of aliphatic hydroxyl groups excluding tert-OH is 1. The van der Waals surface area contributed by atoms with Crippen molar-refractivity contribution in [3.8, 4) is 0 Å². The van der Waals surface area contributed by atoms with E-state index in [-0.39, 0.29) is 5.41 Å². The molecular weight excluding hydrogens is 236 g/mol. The minimum atomic E-state index is 0.108. The molecule has 2 atom stereocenters. The molecule has 1 aliphatic rings. The molecule has 1 N–H and O–H groups in total. The number of thiophene rings is 1. The van der Waals surface area contributed by atoms with Crippen LogP contribution in [-0.4, -0.2) is 11.7 Å². The third-order valence-corrected chi connectivity index (χ3v) is 4.64. The summed E-state index contributed by atoms with van der Waals surface area (Å²) in [4.78, 5) is 1.32. The van der Waals surface area contributed by atoms with Crippen LogP contribution in [0.5, 0.6) is 0 Å². The fraction of sp³-hybridized carbons (Fsp3) is 0.556. The fourth-order valence-corrected chi connectivity index (χ4v) is 3.40. The van der Waals surface area contributed by atoms with Crippen LogP contribution in [0, 0.1) is 5.92 Å². The lowest BCUT2D eigenvalue weighted by Gasteiger charge is -2.09. The molecule has 0 radical (unpaired) electrons. The van der Waals surface area contributed by atoms with Gasteiger partial charge in [-0.1, -0.05) is 6.92 Å². The van der Waals surface area contributed by atoms with Crippen molar-refractivity contribution in [3.63, 3.8) is 0 Å². The lowest BCUT2D eigenvalue weighted by atomic mass is 10.0.